The van der Waals surface area contributed by atoms with Gasteiger partial charge in [0.2, 0.25) is 0 Å². The Morgan fingerprint density at radius 3 is 2.85 bits per heavy atom. The summed E-state index contributed by atoms with van der Waals surface area (Å²) >= 11 is 0. The van der Waals surface area contributed by atoms with Crippen LogP contribution in [-0.4, -0.2) is 59.2 Å². The Balaban J connectivity index is 1.78. The van der Waals surface area contributed by atoms with Crippen LogP contribution < -0.4 is 10.1 Å². The molecule has 0 aliphatic rings. The summed E-state index contributed by atoms with van der Waals surface area (Å²) in [7, 11) is 5.83. The van der Waals surface area contributed by atoms with Gasteiger partial charge in [0.15, 0.2) is 0 Å². The molecule has 0 bridgehead atoms. The summed E-state index contributed by atoms with van der Waals surface area (Å²) in [6.07, 6.45) is 3.07. The van der Waals surface area contributed by atoms with E-state index in [1.54, 1.807) is 7.11 Å². The van der Waals surface area contributed by atoms with Gasteiger partial charge in [-0.25, -0.2) is 4.68 Å². The summed E-state index contributed by atoms with van der Waals surface area (Å²) in [4.78, 5) is 6.78. The maximum Gasteiger partial charge on any atom is 0.119 e. The minimum absolute atomic E-state index is 0.707. The Kier molecular flexibility index (Phi) is 5.80. The van der Waals surface area contributed by atoms with E-state index in [0.717, 1.165) is 53.2 Å². The van der Waals surface area contributed by atoms with Crippen molar-refractivity contribution < 1.29 is 4.74 Å². The molecule has 0 unspecified atom stereocenters. The Labute approximate surface area is 154 Å². The molecule has 0 aliphatic heterocycles. The van der Waals surface area contributed by atoms with Crippen LogP contribution in [0, 0.1) is 6.92 Å². The first-order valence-corrected chi connectivity index (χ1v) is 8.79. The van der Waals surface area contributed by atoms with Crippen LogP contribution in [0.3, 0.4) is 0 Å². The van der Waals surface area contributed by atoms with Crippen molar-refractivity contribution in [3.63, 3.8) is 0 Å². The van der Waals surface area contributed by atoms with E-state index in [9.17, 15) is 0 Å². The second kappa shape index (κ2) is 8.25. The highest BCUT2D eigenvalue weighted by Crippen LogP contribution is 2.25. The molecule has 1 N–H and O–H groups in total. The van der Waals surface area contributed by atoms with E-state index < -0.39 is 0 Å². The van der Waals surface area contributed by atoms with Crippen molar-refractivity contribution in [3.05, 3.63) is 41.9 Å². The number of ether oxygens (including phenoxy) is 1. The van der Waals surface area contributed by atoms with E-state index in [-0.39, 0.29) is 0 Å². The molecular formula is C19H26N6O. The lowest BCUT2D eigenvalue weighted by atomic mass is 10.1. The van der Waals surface area contributed by atoms with Crippen LogP contribution >= 0.6 is 0 Å². The molecule has 138 valence electrons. The smallest absolute Gasteiger partial charge is 0.119 e. The van der Waals surface area contributed by atoms with Gasteiger partial charge in [0.1, 0.15) is 5.75 Å². The molecule has 2 aromatic heterocycles. The molecule has 2 heterocycles. The SMILES string of the molecule is COc1ccc2nc(C)cc(-n3cc(CNCCCN(C)C)nn3)c2c1. The van der Waals surface area contributed by atoms with Crippen molar-refractivity contribution >= 4 is 10.9 Å². The molecule has 0 atom stereocenters. The Morgan fingerprint density at radius 1 is 1.23 bits per heavy atom. The third-order valence-corrected chi connectivity index (χ3v) is 4.17. The van der Waals surface area contributed by atoms with E-state index in [1.807, 2.05) is 42.1 Å². The van der Waals surface area contributed by atoms with Crippen LogP contribution in [0.2, 0.25) is 0 Å². The first-order chi connectivity index (χ1) is 12.6. The van der Waals surface area contributed by atoms with E-state index >= 15 is 0 Å². The lowest BCUT2D eigenvalue weighted by Crippen LogP contribution is -2.21. The molecule has 0 saturated heterocycles. The van der Waals surface area contributed by atoms with Crippen molar-refractivity contribution in [2.75, 3.05) is 34.3 Å². The normalized spacial score (nSPS) is 11.4. The quantitative estimate of drug-likeness (QED) is 0.626. The number of hydrogen-bond acceptors (Lipinski definition) is 6. The molecule has 0 saturated carbocycles. The third kappa shape index (κ3) is 4.36. The lowest BCUT2D eigenvalue weighted by molar-refractivity contribution is 0.394. The molecule has 3 rings (SSSR count). The van der Waals surface area contributed by atoms with Crippen LogP contribution in [-0.2, 0) is 6.54 Å². The molecule has 0 amide bonds. The Hall–Kier alpha value is -2.51. The van der Waals surface area contributed by atoms with Crippen molar-refractivity contribution in [2.24, 2.45) is 0 Å². The second-order valence-corrected chi connectivity index (χ2v) is 6.65. The summed E-state index contributed by atoms with van der Waals surface area (Å²) < 4.78 is 7.17. The molecule has 0 fully saturated rings. The molecule has 1 aromatic carbocycles. The van der Waals surface area contributed by atoms with Gasteiger partial charge in [0, 0.05) is 17.6 Å². The number of rotatable bonds is 8. The van der Waals surface area contributed by atoms with Crippen LogP contribution in [0.5, 0.6) is 5.75 Å². The maximum absolute atomic E-state index is 5.35. The van der Waals surface area contributed by atoms with Gasteiger partial charge < -0.3 is 15.0 Å². The van der Waals surface area contributed by atoms with Crippen molar-refractivity contribution in [2.45, 2.75) is 19.9 Å². The number of aryl methyl sites for hydroxylation is 1. The molecule has 0 aliphatic carbocycles. The molecule has 0 radical (unpaired) electrons. The van der Waals surface area contributed by atoms with Gasteiger partial charge in [-0.1, -0.05) is 5.21 Å². The van der Waals surface area contributed by atoms with Gasteiger partial charge in [-0.15, -0.1) is 5.10 Å². The zero-order valence-corrected chi connectivity index (χ0v) is 15.9. The van der Waals surface area contributed by atoms with Gasteiger partial charge in [-0.3, -0.25) is 4.98 Å². The topological polar surface area (TPSA) is 68.1 Å². The number of pyridine rings is 1. The van der Waals surface area contributed by atoms with Crippen molar-refractivity contribution in [1.29, 1.82) is 0 Å². The first kappa shape index (κ1) is 18.3. The van der Waals surface area contributed by atoms with Gasteiger partial charge in [0.25, 0.3) is 0 Å². The molecule has 7 heteroatoms. The number of methoxy groups -OCH3 is 1. The average Bonchev–Trinajstić information content (AvgIpc) is 3.08. The van der Waals surface area contributed by atoms with Crippen molar-refractivity contribution in [3.8, 4) is 11.4 Å². The molecular weight excluding hydrogens is 328 g/mol. The van der Waals surface area contributed by atoms with E-state index in [1.165, 1.54) is 0 Å². The van der Waals surface area contributed by atoms with Crippen LogP contribution in [0.4, 0.5) is 0 Å². The molecule has 26 heavy (non-hydrogen) atoms. The largest absolute Gasteiger partial charge is 0.497 e. The zero-order valence-electron chi connectivity index (χ0n) is 15.9. The fourth-order valence-electron chi connectivity index (χ4n) is 2.87. The van der Waals surface area contributed by atoms with Crippen LogP contribution in [0.25, 0.3) is 16.6 Å². The van der Waals surface area contributed by atoms with Crippen LogP contribution in [0.1, 0.15) is 17.8 Å². The highest BCUT2D eigenvalue weighted by atomic mass is 16.5. The second-order valence-electron chi connectivity index (χ2n) is 6.65. The number of fused-ring (bicyclic) bond motifs is 1. The van der Waals surface area contributed by atoms with Gasteiger partial charge in [-0.2, -0.15) is 0 Å². The monoisotopic (exact) mass is 354 g/mol. The number of nitrogens with one attached hydrogen (secondary N) is 1. The fraction of sp³-hybridized carbons (Fsp3) is 0.421. The maximum atomic E-state index is 5.35. The van der Waals surface area contributed by atoms with Crippen LogP contribution in [0.15, 0.2) is 30.5 Å². The van der Waals surface area contributed by atoms with Gasteiger partial charge in [0.05, 0.1) is 30.2 Å². The molecule has 0 spiro atoms. The van der Waals surface area contributed by atoms with E-state index in [0.29, 0.717) is 6.54 Å². The average molecular weight is 354 g/mol. The summed E-state index contributed by atoms with van der Waals surface area (Å²) in [5.41, 5.74) is 3.73. The van der Waals surface area contributed by atoms with Gasteiger partial charge in [-0.05, 0) is 64.8 Å². The standard InChI is InChI=1S/C19H26N6O/c1-14-10-19(17-11-16(26-4)6-7-18(17)21-14)25-13-15(22-23-25)12-20-8-5-9-24(2)3/h6-7,10-11,13,20H,5,8-9,12H2,1-4H3. The summed E-state index contributed by atoms with van der Waals surface area (Å²) in [6.45, 7) is 4.72. The predicted molar refractivity (Wildman–Crippen MR) is 103 cm³/mol. The first-order valence-electron chi connectivity index (χ1n) is 8.79. The highest BCUT2D eigenvalue weighted by molar-refractivity contribution is 5.88. The number of aromatic nitrogens is 4. The highest BCUT2D eigenvalue weighted by Gasteiger charge is 2.10. The number of benzene rings is 1. The number of nitrogens with zero attached hydrogens (tertiary/aromatic N) is 5. The zero-order chi connectivity index (χ0) is 18.5. The Morgan fingerprint density at radius 2 is 2.08 bits per heavy atom. The summed E-state index contributed by atoms with van der Waals surface area (Å²) in [5, 5.41) is 13.0. The van der Waals surface area contributed by atoms with Crippen molar-refractivity contribution in [1.82, 2.24) is 30.2 Å². The van der Waals surface area contributed by atoms with E-state index in [2.05, 4.69) is 39.6 Å². The minimum Gasteiger partial charge on any atom is -0.497 e. The third-order valence-electron chi connectivity index (χ3n) is 4.17. The fourth-order valence-corrected chi connectivity index (χ4v) is 2.87. The number of hydrogen-bond donors (Lipinski definition) is 1. The predicted octanol–water partition coefficient (Wildman–Crippen LogP) is 2.17. The minimum atomic E-state index is 0.707. The van der Waals surface area contributed by atoms with Gasteiger partial charge >= 0.3 is 0 Å². The summed E-state index contributed by atoms with van der Waals surface area (Å²) in [5.74, 6) is 0.798. The lowest BCUT2D eigenvalue weighted by Gasteiger charge is -2.09. The van der Waals surface area contributed by atoms with E-state index in [4.69, 9.17) is 4.74 Å². The molecule has 7 nitrogen and oxygen atoms in total. The Bertz CT molecular complexity index is 874. The molecule has 3 aromatic rings. The summed E-state index contributed by atoms with van der Waals surface area (Å²) in [6, 6.07) is 7.89.